The fraction of sp³-hybridized carbons (Fsp3) is 0.760. The maximum absolute atomic E-state index is 12.5. The number of ether oxygens (including phenoxy) is 6. The predicted molar refractivity (Wildman–Crippen MR) is 138 cm³/mol. The molecule has 0 rings (SSSR count). The molecular formula is C25H44N2O14+2. The highest BCUT2D eigenvalue weighted by molar-refractivity contribution is 5.93. The van der Waals surface area contributed by atoms with Gasteiger partial charge in [-0.25, -0.2) is 19.2 Å². The van der Waals surface area contributed by atoms with Gasteiger partial charge in [-0.05, 0) is 12.8 Å². The number of rotatable bonds is 20. The summed E-state index contributed by atoms with van der Waals surface area (Å²) >= 11 is 0. The van der Waals surface area contributed by atoms with Crippen molar-refractivity contribution in [3.63, 3.8) is 0 Å². The average molecular weight is 597 g/mol. The van der Waals surface area contributed by atoms with Gasteiger partial charge in [0.05, 0.1) is 42.3 Å². The summed E-state index contributed by atoms with van der Waals surface area (Å²) in [6.07, 6.45) is -8.28. The maximum Gasteiger partial charge on any atom is 0.377 e. The van der Waals surface area contributed by atoms with Gasteiger partial charge < -0.3 is 47.6 Å². The first-order valence-electron chi connectivity index (χ1n) is 12.9. The zero-order valence-electron chi connectivity index (χ0n) is 24.9. The van der Waals surface area contributed by atoms with Gasteiger partial charge in [-0.3, -0.25) is 9.59 Å². The van der Waals surface area contributed by atoms with Crippen molar-refractivity contribution in [2.45, 2.75) is 57.9 Å². The number of nitrogens with zero attached hydrogens (tertiary/aromatic N) is 2. The minimum Gasteiger partial charge on any atom is -0.479 e. The van der Waals surface area contributed by atoms with E-state index in [-0.39, 0.29) is 26.1 Å². The van der Waals surface area contributed by atoms with E-state index in [0.29, 0.717) is 22.1 Å². The number of esters is 4. The van der Waals surface area contributed by atoms with Crippen LogP contribution in [0.2, 0.25) is 0 Å². The topological polar surface area (TPSA) is 198 Å². The third-order valence-corrected chi connectivity index (χ3v) is 5.02. The second kappa shape index (κ2) is 17.5. The quantitative estimate of drug-likeness (QED) is 0.0592. The molecule has 0 aromatic rings. The molecule has 41 heavy (non-hydrogen) atoms. The van der Waals surface area contributed by atoms with Gasteiger partial charge in [0.2, 0.25) is 0 Å². The van der Waals surface area contributed by atoms with E-state index in [4.69, 9.17) is 38.6 Å². The van der Waals surface area contributed by atoms with Crippen LogP contribution in [0.1, 0.15) is 33.1 Å². The number of carboxylic acid groups (broad SMARTS) is 2. The van der Waals surface area contributed by atoms with Crippen LogP contribution in [0.3, 0.4) is 0 Å². The molecule has 0 aliphatic heterocycles. The Morgan fingerprint density at radius 3 is 1.15 bits per heavy atom. The van der Waals surface area contributed by atoms with Crippen molar-refractivity contribution in [2.24, 2.45) is 0 Å². The lowest BCUT2D eigenvalue weighted by molar-refractivity contribution is -0.870. The zero-order chi connectivity index (χ0) is 32.0. The van der Waals surface area contributed by atoms with Crippen molar-refractivity contribution >= 4 is 35.8 Å². The standard InChI is InChI=1S/C25H42N2O14/c1-9-16(20(30)31)38-22(34)24(36-13-11-26(3,4)5)40-18(28)15-19(29)41-25(37-14-12-27(6,7)8)23(35)39-17(10-2)21(32)33/h16-17,24-25H,9-15H2,1-8H3/p+2. The van der Waals surface area contributed by atoms with Crippen molar-refractivity contribution in [3.8, 4) is 0 Å². The Bertz CT molecular complexity index is 837. The van der Waals surface area contributed by atoms with Crippen molar-refractivity contribution in [2.75, 3.05) is 68.6 Å². The van der Waals surface area contributed by atoms with Crippen LogP contribution in [-0.2, 0) is 57.2 Å². The summed E-state index contributed by atoms with van der Waals surface area (Å²) < 4.78 is 31.0. The summed E-state index contributed by atoms with van der Waals surface area (Å²) in [6, 6.07) is 0. The second-order valence-electron chi connectivity index (χ2n) is 10.9. The van der Waals surface area contributed by atoms with E-state index in [1.165, 1.54) is 13.8 Å². The summed E-state index contributed by atoms with van der Waals surface area (Å²) in [5, 5.41) is 18.3. The van der Waals surface area contributed by atoms with Crippen LogP contribution in [0.5, 0.6) is 0 Å². The van der Waals surface area contributed by atoms with Crippen LogP contribution in [-0.4, -0.2) is 148 Å². The molecular weight excluding hydrogens is 552 g/mol. The van der Waals surface area contributed by atoms with Crippen molar-refractivity contribution < 1.29 is 76.4 Å². The van der Waals surface area contributed by atoms with Crippen LogP contribution in [0, 0.1) is 0 Å². The molecule has 0 spiro atoms. The summed E-state index contributed by atoms with van der Waals surface area (Å²) in [7, 11) is 11.0. The fourth-order valence-corrected chi connectivity index (χ4v) is 2.62. The number of quaternary nitrogens is 2. The third kappa shape index (κ3) is 17.2. The highest BCUT2D eigenvalue weighted by Crippen LogP contribution is 2.10. The van der Waals surface area contributed by atoms with E-state index >= 15 is 0 Å². The number of carboxylic acids is 2. The Balaban J connectivity index is 5.50. The normalized spacial score (nSPS) is 14.6. The molecule has 4 atom stereocenters. The number of hydrogen-bond acceptors (Lipinski definition) is 12. The van der Waals surface area contributed by atoms with Crippen LogP contribution in [0.15, 0.2) is 0 Å². The van der Waals surface area contributed by atoms with Crippen LogP contribution < -0.4 is 0 Å². The Morgan fingerprint density at radius 2 is 0.902 bits per heavy atom. The largest absolute Gasteiger partial charge is 0.479 e. The Hall–Kier alpha value is -3.34. The van der Waals surface area contributed by atoms with E-state index < -0.39 is 67.0 Å². The fourth-order valence-electron chi connectivity index (χ4n) is 2.62. The van der Waals surface area contributed by atoms with Gasteiger partial charge in [0.1, 0.15) is 32.7 Å². The first-order valence-corrected chi connectivity index (χ1v) is 12.9. The molecule has 2 N–H and O–H groups in total. The first kappa shape index (κ1) is 37.7. The number of likely N-dealkylation sites (N-methyl/N-ethyl adjacent to an activating group) is 2. The lowest BCUT2D eigenvalue weighted by Gasteiger charge is -2.25. The second-order valence-corrected chi connectivity index (χ2v) is 10.9. The first-order chi connectivity index (χ1) is 18.8. The van der Waals surface area contributed by atoms with Crippen LogP contribution >= 0.6 is 0 Å². The Labute approximate surface area is 239 Å². The molecule has 236 valence electrons. The molecule has 0 radical (unpaired) electrons. The molecule has 16 heteroatoms. The minimum absolute atomic E-state index is 0.0701. The summed E-state index contributed by atoms with van der Waals surface area (Å²) in [4.78, 5) is 72.4. The van der Waals surface area contributed by atoms with E-state index in [1.807, 2.05) is 42.3 Å². The maximum atomic E-state index is 12.5. The molecule has 0 saturated heterocycles. The lowest BCUT2D eigenvalue weighted by atomic mass is 10.3. The van der Waals surface area contributed by atoms with E-state index in [2.05, 4.69) is 0 Å². The monoisotopic (exact) mass is 596 g/mol. The average Bonchev–Trinajstić information content (AvgIpc) is 2.82. The van der Waals surface area contributed by atoms with Crippen LogP contribution in [0.4, 0.5) is 0 Å². The number of carbonyl (C=O) groups is 6. The van der Waals surface area contributed by atoms with Gasteiger partial charge in [0.15, 0.2) is 12.2 Å². The van der Waals surface area contributed by atoms with Crippen LogP contribution in [0.25, 0.3) is 0 Å². The summed E-state index contributed by atoms with van der Waals surface area (Å²) in [5.74, 6) is -8.07. The summed E-state index contributed by atoms with van der Waals surface area (Å²) in [5.41, 5.74) is 0. The molecule has 0 aliphatic carbocycles. The van der Waals surface area contributed by atoms with Gasteiger partial charge in [-0.15, -0.1) is 0 Å². The number of carbonyl (C=O) groups excluding carboxylic acids is 4. The van der Waals surface area contributed by atoms with Crippen molar-refractivity contribution in [3.05, 3.63) is 0 Å². The van der Waals surface area contributed by atoms with E-state index in [0.717, 1.165) is 0 Å². The molecule has 0 aromatic heterocycles. The molecule has 0 aromatic carbocycles. The van der Waals surface area contributed by atoms with E-state index in [1.54, 1.807) is 0 Å². The van der Waals surface area contributed by atoms with Gasteiger partial charge in [0, 0.05) is 0 Å². The summed E-state index contributed by atoms with van der Waals surface area (Å²) in [6.45, 7) is 3.46. The highest BCUT2D eigenvalue weighted by Gasteiger charge is 2.34. The zero-order valence-corrected chi connectivity index (χ0v) is 24.9. The molecule has 0 heterocycles. The van der Waals surface area contributed by atoms with Gasteiger partial charge in [-0.2, -0.15) is 0 Å². The van der Waals surface area contributed by atoms with Gasteiger partial charge in [-0.1, -0.05) is 13.8 Å². The van der Waals surface area contributed by atoms with E-state index in [9.17, 15) is 28.8 Å². The van der Waals surface area contributed by atoms with Crippen molar-refractivity contribution in [1.82, 2.24) is 0 Å². The SMILES string of the molecule is CCC(OC(=O)C(OCC[N+](C)(C)C)OC(=O)CC(=O)OC(OCC[N+](C)(C)C)C(=O)OC(CC)C(=O)O)C(=O)O. The molecule has 0 bridgehead atoms. The van der Waals surface area contributed by atoms with Gasteiger partial charge >= 0.3 is 48.4 Å². The van der Waals surface area contributed by atoms with Crippen molar-refractivity contribution in [1.29, 1.82) is 0 Å². The molecule has 4 unspecified atom stereocenters. The smallest absolute Gasteiger partial charge is 0.377 e. The molecule has 0 amide bonds. The lowest BCUT2D eigenvalue weighted by Crippen LogP contribution is -2.42. The Morgan fingerprint density at radius 1 is 0.585 bits per heavy atom. The number of hydrogen-bond donors (Lipinski definition) is 2. The number of aliphatic carboxylic acids is 2. The molecule has 0 aliphatic rings. The minimum atomic E-state index is -1.99. The third-order valence-electron chi connectivity index (χ3n) is 5.02. The predicted octanol–water partition coefficient (Wildman–Crippen LogP) is -0.626. The molecule has 0 saturated carbocycles. The Kier molecular flexibility index (Phi) is 16.0. The highest BCUT2D eigenvalue weighted by atomic mass is 16.7. The van der Waals surface area contributed by atoms with Gasteiger partial charge in [0.25, 0.3) is 0 Å². The molecule has 0 fully saturated rings. The molecule has 16 nitrogen and oxygen atoms in total.